The van der Waals surface area contributed by atoms with E-state index in [2.05, 4.69) is 10.6 Å². The van der Waals surface area contributed by atoms with Crippen LogP contribution < -0.4 is 20.3 Å². The summed E-state index contributed by atoms with van der Waals surface area (Å²) in [6, 6.07) is 18.5. The summed E-state index contributed by atoms with van der Waals surface area (Å²) < 4.78 is 66.2. The van der Waals surface area contributed by atoms with Crippen LogP contribution >= 0.6 is 0 Å². The first-order valence-corrected chi connectivity index (χ1v) is 16.0. The van der Waals surface area contributed by atoms with Gasteiger partial charge in [0.2, 0.25) is 10.0 Å². The third-order valence-corrected chi connectivity index (χ3v) is 9.19. The molecule has 1 amide bonds. The highest BCUT2D eigenvalue weighted by Gasteiger charge is 2.31. The lowest BCUT2D eigenvalue weighted by molar-refractivity contribution is -0.676. The van der Waals surface area contributed by atoms with Crippen LogP contribution in [0.15, 0.2) is 72.8 Å². The van der Waals surface area contributed by atoms with Gasteiger partial charge in [-0.25, -0.2) is 8.42 Å². The van der Waals surface area contributed by atoms with Crippen molar-refractivity contribution in [3.8, 4) is 0 Å². The molecule has 2 atom stereocenters. The second kappa shape index (κ2) is 14.2. The second-order valence-electron chi connectivity index (χ2n) is 10.7. The molecule has 1 saturated heterocycles. The van der Waals surface area contributed by atoms with Gasteiger partial charge in [-0.15, -0.1) is 0 Å². The number of aliphatic hydroxyl groups is 1. The Bertz CT molecular complexity index is 1490. The topological polar surface area (TPSA) is 115 Å². The van der Waals surface area contributed by atoms with E-state index >= 15 is 0 Å². The Labute approximate surface area is 250 Å². The minimum atomic E-state index is -4.44. The molecule has 0 aliphatic carbocycles. The molecule has 1 aliphatic heterocycles. The van der Waals surface area contributed by atoms with Gasteiger partial charge in [-0.05, 0) is 62.1 Å². The number of hydrogen-bond donors (Lipinski definition) is 4. The van der Waals surface area contributed by atoms with Crippen LogP contribution in [0.4, 0.5) is 24.5 Å². The molecular formula is C31H38F3N4O4S+. The Hall–Kier alpha value is -3.61. The van der Waals surface area contributed by atoms with Crippen molar-refractivity contribution in [3.63, 3.8) is 0 Å². The van der Waals surface area contributed by atoms with Crippen molar-refractivity contribution >= 4 is 27.3 Å². The summed E-state index contributed by atoms with van der Waals surface area (Å²) in [6.07, 6.45) is -3.86. The molecule has 232 valence electrons. The summed E-state index contributed by atoms with van der Waals surface area (Å²) in [7, 11) is -3.50. The molecule has 4 rings (SSSR count). The van der Waals surface area contributed by atoms with Gasteiger partial charge in [0.15, 0.2) is 0 Å². The first kappa shape index (κ1) is 32.3. The second-order valence-corrected chi connectivity index (χ2v) is 12.7. The van der Waals surface area contributed by atoms with Gasteiger partial charge < -0.3 is 21.1 Å². The third-order valence-electron chi connectivity index (χ3n) is 7.32. The van der Waals surface area contributed by atoms with Crippen LogP contribution in [-0.4, -0.2) is 57.0 Å². The van der Waals surface area contributed by atoms with Crippen molar-refractivity contribution in [2.75, 3.05) is 35.0 Å². The van der Waals surface area contributed by atoms with Gasteiger partial charge in [0.1, 0.15) is 19.2 Å². The van der Waals surface area contributed by atoms with Crippen LogP contribution in [0.5, 0.6) is 0 Å². The van der Waals surface area contributed by atoms with Gasteiger partial charge in [0.05, 0.1) is 23.0 Å². The summed E-state index contributed by atoms with van der Waals surface area (Å²) in [6.45, 7) is 3.13. The lowest BCUT2D eigenvalue weighted by Crippen LogP contribution is -2.85. The van der Waals surface area contributed by atoms with E-state index in [1.165, 1.54) is 10.4 Å². The molecule has 0 radical (unpaired) electrons. The van der Waals surface area contributed by atoms with Crippen LogP contribution in [0.2, 0.25) is 0 Å². The lowest BCUT2D eigenvalue weighted by Gasteiger charge is -2.29. The zero-order chi connectivity index (χ0) is 31.0. The van der Waals surface area contributed by atoms with Crippen LogP contribution in [0.25, 0.3) is 0 Å². The van der Waals surface area contributed by atoms with Crippen molar-refractivity contribution in [2.24, 2.45) is 0 Å². The first-order valence-electron chi connectivity index (χ1n) is 14.4. The molecule has 0 unspecified atom stereocenters. The molecule has 3 aromatic rings. The normalized spacial score (nSPS) is 16.3. The number of benzene rings is 3. The quantitative estimate of drug-likeness (QED) is 0.248. The largest absolute Gasteiger partial charge is 0.416 e. The van der Waals surface area contributed by atoms with Gasteiger partial charge >= 0.3 is 6.18 Å². The van der Waals surface area contributed by atoms with Crippen molar-refractivity contribution in [1.82, 2.24) is 5.32 Å². The van der Waals surface area contributed by atoms with Crippen molar-refractivity contribution in [2.45, 2.75) is 51.1 Å². The van der Waals surface area contributed by atoms with Crippen molar-refractivity contribution in [3.05, 3.63) is 95.1 Å². The zero-order valence-electron chi connectivity index (χ0n) is 24.0. The SMILES string of the molecule is CCNc1cc(C(=O)N[C@@H](Cc2ccccc2)[C@H](O)C[NH2+]Cc2cccc(C(F)(F)F)c2)cc(N2CCCCS2(=O)=O)c1. The number of carbonyl (C=O) groups is 1. The number of nitrogens with one attached hydrogen (secondary N) is 2. The highest BCUT2D eigenvalue weighted by Crippen LogP contribution is 2.30. The van der Waals surface area contributed by atoms with Crippen LogP contribution in [-0.2, 0) is 29.2 Å². The Morgan fingerprint density at radius 3 is 2.47 bits per heavy atom. The van der Waals surface area contributed by atoms with Crippen molar-refractivity contribution in [1.29, 1.82) is 0 Å². The summed E-state index contributed by atoms with van der Waals surface area (Å²) >= 11 is 0. The molecule has 0 bridgehead atoms. The molecular weight excluding hydrogens is 581 g/mol. The number of nitrogens with two attached hydrogens (primary N) is 1. The van der Waals surface area contributed by atoms with Gasteiger partial charge in [-0.1, -0.05) is 42.5 Å². The number of rotatable bonds is 12. The highest BCUT2D eigenvalue weighted by molar-refractivity contribution is 7.92. The molecule has 0 aromatic heterocycles. The highest BCUT2D eigenvalue weighted by atomic mass is 32.2. The van der Waals surface area contributed by atoms with E-state index < -0.39 is 39.8 Å². The molecule has 43 heavy (non-hydrogen) atoms. The van der Waals surface area contributed by atoms with Crippen molar-refractivity contribution < 1.29 is 36.8 Å². The number of sulfonamides is 1. The summed E-state index contributed by atoms with van der Waals surface area (Å²) in [5.74, 6) is -0.435. The first-order chi connectivity index (χ1) is 20.5. The number of anilines is 2. The molecule has 1 aliphatic rings. The van der Waals surface area contributed by atoms with Gasteiger partial charge in [0.25, 0.3) is 5.91 Å². The average molecular weight is 620 g/mol. The fourth-order valence-electron chi connectivity index (χ4n) is 5.13. The number of aliphatic hydroxyl groups excluding tert-OH is 1. The van der Waals surface area contributed by atoms with E-state index in [1.807, 2.05) is 37.3 Å². The Morgan fingerprint density at radius 1 is 1.02 bits per heavy atom. The third kappa shape index (κ3) is 8.94. The predicted octanol–water partition coefficient (Wildman–Crippen LogP) is 3.53. The zero-order valence-corrected chi connectivity index (χ0v) is 24.8. The van der Waals surface area contributed by atoms with Gasteiger partial charge in [0, 0.05) is 29.9 Å². The van der Waals surface area contributed by atoms with E-state index in [1.54, 1.807) is 29.6 Å². The number of alkyl halides is 3. The number of quaternary nitrogens is 1. The average Bonchev–Trinajstić information content (AvgIpc) is 2.97. The smallest absolute Gasteiger partial charge is 0.385 e. The summed E-state index contributed by atoms with van der Waals surface area (Å²) in [5, 5.41) is 19.0. The van der Waals surface area contributed by atoms with Crippen LogP contribution in [0, 0.1) is 0 Å². The Balaban J connectivity index is 1.52. The molecule has 0 saturated carbocycles. The standard InChI is InChI=1S/C31H37F3N4O4S/c1-2-36-26-17-24(18-27(19-26)38-13-6-7-14-43(38,41)42)30(40)37-28(16-22-9-4-3-5-10-22)29(39)21-35-20-23-11-8-12-25(15-23)31(32,33)34/h3-5,8-12,15,17-19,28-29,35-36,39H,2,6-7,13-14,16,20-21H2,1H3,(H,37,40)/p+1/t28-,29+/m0/s1. The summed E-state index contributed by atoms with van der Waals surface area (Å²) in [5.41, 5.74) is 1.85. The molecule has 3 aromatic carbocycles. The van der Waals surface area contributed by atoms with Crippen LogP contribution in [0.1, 0.15) is 46.8 Å². The van der Waals surface area contributed by atoms with Crippen LogP contribution in [0.3, 0.4) is 0 Å². The molecule has 1 fully saturated rings. The Morgan fingerprint density at radius 2 is 1.77 bits per heavy atom. The maximum atomic E-state index is 13.6. The number of carbonyl (C=O) groups excluding carboxylic acids is 1. The monoisotopic (exact) mass is 619 g/mol. The molecule has 0 spiro atoms. The van der Waals surface area contributed by atoms with E-state index in [-0.39, 0.29) is 24.4 Å². The van der Waals surface area contributed by atoms with E-state index in [9.17, 15) is 31.5 Å². The fraction of sp³-hybridized carbons (Fsp3) is 0.387. The minimum absolute atomic E-state index is 0.0440. The van der Waals surface area contributed by atoms with E-state index in [0.717, 1.165) is 17.7 Å². The maximum absolute atomic E-state index is 13.6. The number of nitrogens with zero attached hydrogens (tertiary/aromatic N) is 1. The molecule has 5 N–H and O–H groups in total. The minimum Gasteiger partial charge on any atom is -0.385 e. The molecule has 8 nitrogen and oxygen atoms in total. The maximum Gasteiger partial charge on any atom is 0.416 e. The molecule has 1 heterocycles. The van der Waals surface area contributed by atoms with E-state index in [4.69, 9.17) is 0 Å². The van der Waals surface area contributed by atoms with Gasteiger partial charge in [-0.3, -0.25) is 9.10 Å². The number of halogens is 3. The number of hydrogen-bond acceptors (Lipinski definition) is 5. The Kier molecular flexibility index (Phi) is 10.7. The number of amides is 1. The summed E-state index contributed by atoms with van der Waals surface area (Å²) in [4.78, 5) is 13.6. The van der Waals surface area contributed by atoms with Gasteiger partial charge in [-0.2, -0.15) is 13.2 Å². The lowest BCUT2D eigenvalue weighted by atomic mass is 10.00. The molecule has 12 heteroatoms. The van der Waals surface area contributed by atoms with E-state index in [0.29, 0.717) is 49.3 Å². The predicted molar refractivity (Wildman–Crippen MR) is 160 cm³/mol. The fourth-order valence-corrected chi connectivity index (χ4v) is 6.76.